The summed E-state index contributed by atoms with van der Waals surface area (Å²) in [4.78, 5) is 18.0. The van der Waals surface area contributed by atoms with Gasteiger partial charge in [0.05, 0.1) is 17.6 Å². The monoisotopic (exact) mass is 418 g/mol. The van der Waals surface area contributed by atoms with Crippen LogP contribution in [0, 0.1) is 10.8 Å². The molecule has 2 saturated heterocycles. The third-order valence-corrected chi connectivity index (χ3v) is 7.09. The molecule has 3 aliphatic heterocycles. The summed E-state index contributed by atoms with van der Waals surface area (Å²) >= 11 is 0. The number of nitrogens with one attached hydrogen (secondary N) is 2. The van der Waals surface area contributed by atoms with E-state index < -0.39 is 0 Å². The molecule has 1 spiro atoms. The predicted octanol–water partition coefficient (Wildman–Crippen LogP) is 2.89. The Balaban J connectivity index is 1.33. The van der Waals surface area contributed by atoms with Crippen molar-refractivity contribution in [2.24, 2.45) is 5.41 Å². The van der Waals surface area contributed by atoms with Crippen molar-refractivity contribution < 1.29 is 0 Å². The Bertz CT molecular complexity index is 1020. The Morgan fingerprint density at radius 1 is 1.29 bits per heavy atom. The summed E-state index contributed by atoms with van der Waals surface area (Å²) in [6.45, 7) is 9.89. The fourth-order valence-corrected chi connectivity index (χ4v) is 5.14. The molecule has 4 N–H and O–H groups in total. The van der Waals surface area contributed by atoms with Gasteiger partial charge in [-0.15, -0.1) is 0 Å². The van der Waals surface area contributed by atoms with Crippen molar-refractivity contribution in [1.29, 1.82) is 5.41 Å². The highest BCUT2D eigenvalue weighted by atomic mass is 15.2. The minimum atomic E-state index is 0.283. The number of rotatable bonds is 2. The molecule has 8 nitrogen and oxygen atoms in total. The van der Waals surface area contributed by atoms with Crippen molar-refractivity contribution in [3.05, 3.63) is 48.2 Å². The zero-order chi connectivity index (χ0) is 21.6. The molecular formula is C23H30N8. The summed E-state index contributed by atoms with van der Waals surface area (Å²) in [7, 11) is 0. The molecule has 2 fully saturated rings. The number of allylic oxidation sites excluding steroid dienone is 1. The van der Waals surface area contributed by atoms with Crippen molar-refractivity contribution in [2.75, 3.05) is 41.7 Å². The van der Waals surface area contributed by atoms with Gasteiger partial charge in [-0.1, -0.05) is 13.5 Å². The number of piperidine rings is 1. The van der Waals surface area contributed by atoms with Crippen molar-refractivity contribution in [3.63, 3.8) is 0 Å². The van der Waals surface area contributed by atoms with Gasteiger partial charge < -0.3 is 20.9 Å². The maximum absolute atomic E-state index is 8.79. The second kappa shape index (κ2) is 7.51. The topological polar surface area (TPSA) is 107 Å². The number of nitrogens with two attached hydrogens (primary N) is 1. The van der Waals surface area contributed by atoms with Gasteiger partial charge in [-0.2, -0.15) is 0 Å². The molecule has 1 atom stereocenters. The quantitative estimate of drug-likeness (QED) is 0.508. The number of pyridine rings is 1. The van der Waals surface area contributed by atoms with Gasteiger partial charge in [0, 0.05) is 44.0 Å². The Morgan fingerprint density at radius 3 is 2.81 bits per heavy atom. The molecule has 2 aromatic heterocycles. The van der Waals surface area contributed by atoms with E-state index in [1.54, 1.807) is 6.20 Å². The lowest BCUT2D eigenvalue weighted by atomic mass is 9.77. The molecule has 0 aromatic carbocycles. The summed E-state index contributed by atoms with van der Waals surface area (Å²) in [6, 6.07) is 3.92. The Kier molecular flexibility index (Phi) is 4.79. The average Bonchev–Trinajstić information content (AvgIpc) is 3.14. The van der Waals surface area contributed by atoms with Crippen LogP contribution in [0.5, 0.6) is 0 Å². The number of hydrogen-bond acceptors (Lipinski definition) is 7. The van der Waals surface area contributed by atoms with Crippen LogP contribution in [0.25, 0.3) is 0 Å². The lowest BCUT2D eigenvalue weighted by Gasteiger charge is -2.39. The minimum absolute atomic E-state index is 0.283. The van der Waals surface area contributed by atoms with Gasteiger partial charge in [0.2, 0.25) is 0 Å². The van der Waals surface area contributed by atoms with Crippen molar-refractivity contribution in [1.82, 2.24) is 20.3 Å². The fraction of sp³-hybridized carbons (Fsp3) is 0.478. The third-order valence-electron chi connectivity index (χ3n) is 7.09. The molecule has 5 rings (SSSR count). The van der Waals surface area contributed by atoms with Crippen LogP contribution in [0.2, 0.25) is 0 Å². The fourth-order valence-electron chi connectivity index (χ4n) is 5.14. The first kappa shape index (κ1) is 19.8. The van der Waals surface area contributed by atoms with Crippen LogP contribution >= 0.6 is 0 Å². The number of nitrogen functional groups attached to an aromatic ring is 1. The largest absolute Gasteiger partial charge is 0.388 e. The highest BCUT2D eigenvalue weighted by Gasteiger charge is 2.39. The molecule has 162 valence electrons. The van der Waals surface area contributed by atoms with Crippen LogP contribution in [0.4, 0.5) is 17.3 Å². The third kappa shape index (κ3) is 3.49. The summed E-state index contributed by atoms with van der Waals surface area (Å²) in [5, 5.41) is 12.2. The molecular weight excluding hydrogens is 388 g/mol. The second-order valence-corrected chi connectivity index (χ2v) is 9.18. The van der Waals surface area contributed by atoms with Gasteiger partial charge in [0.15, 0.2) is 11.7 Å². The lowest BCUT2D eigenvalue weighted by molar-refractivity contribution is 0.249. The summed E-state index contributed by atoms with van der Waals surface area (Å²) in [6.07, 6.45) is 7.79. The number of fused-ring (bicyclic) bond motifs is 1. The molecule has 0 amide bonds. The van der Waals surface area contributed by atoms with Crippen molar-refractivity contribution in [3.8, 4) is 0 Å². The van der Waals surface area contributed by atoms with Gasteiger partial charge in [-0.3, -0.25) is 10.4 Å². The summed E-state index contributed by atoms with van der Waals surface area (Å²) < 4.78 is 0. The molecule has 0 bridgehead atoms. The SMILES string of the molecule is C=C1CC2(CCN(c3cnc(C(=N)N4CCC(C)c5ncccc54)c(N)n3)CC2)CN1. The second-order valence-electron chi connectivity index (χ2n) is 9.18. The van der Waals surface area contributed by atoms with Crippen LogP contribution in [0.3, 0.4) is 0 Å². The summed E-state index contributed by atoms with van der Waals surface area (Å²) in [5.41, 5.74) is 10.2. The first-order chi connectivity index (χ1) is 15.0. The molecule has 2 aromatic rings. The predicted molar refractivity (Wildman–Crippen MR) is 124 cm³/mol. The van der Waals surface area contributed by atoms with E-state index in [1.807, 2.05) is 23.2 Å². The van der Waals surface area contributed by atoms with E-state index in [9.17, 15) is 0 Å². The van der Waals surface area contributed by atoms with Crippen LogP contribution in [-0.2, 0) is 0 Å². The number of aromatic nitrogens is 3. The van der Waals surface area contributed by atoms with Crippen LogP contribution in [-0.4, -0.2) is 47.0 Å². The van der Waals surface area contributed by atoms with E-state index in [1.165, 1.54) is 0 Å². The highest BCUT2D eigenvalue weighted by Crippen LogP contribution is 2.41. The van der Waals surface area contributed by atoms with Gasteiger partial charge in [0.1, 0.15) is 11.5 Å². The number of hydrogen-bond donors (Lipinski definition) is 3. The molecule has 31 heavy (non-hydrogen) atoms. The smallest absolute Gasteiger partial charge is 0.155 e. The maximum atomic E-state index is 8.79. The molecule has 0 saturated carbocycles. The Labute approximate surface area is 183 Å². The Hall–Kier alpha value is -3.16. The zero-order valence-electron chi connectivity index (χ0n) is 18.1. The molecule has 1 unspecified atom stereocenters. The van der Waals surface area contributed by atoms with Crippen molar-refractivity contribution in [2.45, 2.75) is 38.5 Å². The molecule has 8 heteroatoms. The number of amidine groups is 1. The minimum Gasteiger partial charge on any atom is -0.388 e. The van der Waals surface area contributed by atoms with Crippen LogP contribution < -0.4 is 20.9 Å². The van der Waals surface area contributed by atoms with E-state index >= 15 is 0 Å². The standard InChI is InChI=1S/C23H30N8/c1-15-5-9-31(17-4-3-8-26-19(15)17)22(25)20-21(24)29-18(13-27-20)30-10-6-23(7-11-30)12-16(2)28-14-23/h3-4,8,13,15,25,28H,2,5-7,9-12,14H2,1H3,(H2,24,29). The molecule has 0 radical (unpaired) electrons. The first-order valence-electron chi connectivity index (χ1n) is 11.1. The Morgan fingerprint density at radius 2 is 2.10 bits per heavy atom. The highest BCUT2D eigenvalue weighted by molar-refractivity contribution is 6.09. The van der Waals surface area contributed by atoms with E-state index in [0.29, 0.717) is 22.8 Å². The van der Waals surface area contributed by atoms with Gasteiger partial charge >= 0.3 is 0 Å². The lowest BCUT2D eigenvalue weighted by Crippen LogP contribution is -2.42. The van der Waals surface area contributed by atoms with Crippen LogP contribution in [0.1, 0.15) is 49.9 Å². The molecule has 0 aliphatic carbocycles. The van der Waals surface area contributed by atoms with E-state index in [4.69, 9.17) is 11.1 Å². The molecule has 5 heterocycles. The normalized spacial score (nSPS) is 22.4. The van der Waals surface area contributed by atoms with Gasteiger partial charge in [0.25, 0.3) is 0 Å². The summed E-state index contributed by atoms with van der Waals surface area (Å²) in [5.74, 6) is 1.76. The number of anilines is 3. The van der Waals surface area contributed by atoms with Crippen LogP contribution in [0.15, 0.2) is 36.8 Å². The average molecular weight is 419 g/mol. The van der Waals surface area contributed by atoms with Gasteiger partial charge in [-0.05, 0) is 43.2 Å². The van der Waals surface area contributed by atoms with Gasteiger partial charge in [-0.25, -0.2) is 9.97 Å². The molecule has 3 aliphatic rings. The van der Waals surface area contributed by atoms with E-state index in [0.717, 1.165) is 74.8 Å². The van der Waals surface area contributed by atoms with E-state index in [-0.39, 0.29) is 5.84 Å². The maximum Gasteiger partial charge on any atom is 0.155 e. The van der Waals surface area contributed by atoms with E-state index in [2.05, 4.69) is 38.7 Å². The zero-order valence-corrected chi connectivity index (χ0v) is 18.1. The van der Waals surface area contributed by atoms with Crippen molar-refractivity contribution >= 4 is 23.2 Å². The number of nitrogens with zero attached hydrogens (tertiary/aromatic N) is 5. The first-order valence-corrected chi connectivity index (χ1v) is 11.1.